The van der Waals surface area contributed by atoms with Crippen molar-refractivity contribution in [1.29, 1.82) is 0 Å². The number of hydrogen-bond acceptors (Lipinski definition) is 4. The van der Waals surface area contributed by atoms with Crippen LogP contribution in [0.3, 0.4) is 0 Å². The van der Waals surface area contributed by atoms with Crippen molar-refractivity contribution in [3.63, 3.8) is 0 Å². The minimum absolute atomic E-state index is 0. The van der Waals surface area contributed by atoms with Crippen LogP contribution in [0.5, 0.6) is 0 Å². The van der Waals surface area contributed by atoms with E-state index in [4.69, 9.17) is 10.2 Å². The molecule has 3 N–H and O–H groups in total. The summed E-state index contributed by atoms with van der Waals surface area (Å²) in [5.74, 6) is 0.293. The Bertz CT molecular complexity index is 590. The van der Waals surface area contributed by atoms with Crippen LogP contribution in [0.4, 0.5) is 0 Å². The first-order valence-electron chi connectivity index (χ1n) is 7.91. The quantitative estimate of drug-likeness (QED) is 0.765. The molecule has 0 saturated heterocycles. The van der Waals surface area contributed by atoms with Crippen LogP contribution < -0.4 is 5.73 Å². The van der Waals surface area contributed by atoms with E-state index in [0.29, 0.717) is 18.7 Å². The summed E-state index contributed by atoms with van der Waals surface area (Å²) in [6.07, 6.45) is 2.10. The van der Waals surface area contributed by atoms with Crippen molar-refractivity contribution < 1.29 is 14.3 Å². The molecule has 0 aliphatic rings. The maximum absolute atomic E-state index is 12.6. The first-order chi connectivity index (χ1) is 11.1. The molecule has 2 unspecified atom stereocenters. The fourth-order valence-electron chi connectivity index (χ4n) is 2.48. The Labute approximate surface area is 148 Å². The van der Waals surface area contributed by atoms with E-state index < -0.39 is 12.1 Å². The Morgan fingerprint density at radius 3 is 2.54 bits per heavy atom. The average molecular weight is 353 g/mol. The second kappa shape index (κ2) is 10.1. The molecule has 2 rings (SSSR count). The number of aliphatic hydroxyl groups excluding tert-OH is 1. The van der Waals surface area contributed by atoms with Crippen molar-refractivity contribution in [2.75, 3.05) is 6.54 Å². The average Bonchev–Trinajstić information content (AvgIpc) is 3.09. The molecule has 2 aromatic rings. The van der Waals surface area contributed by atoms with Crippen LogP contribution in [0.2, 0.25) is 0 Å². The molecular formula is C18H25ClN2O3. The van der Waals surface area contributed by atoms with Gasteiger partial charge in [0, 0.05) is 6.54 Å². The Morgan fingerprint density at radius 2 is 1.96 bits per heavy atom. The highest BCUT2D eigenvalue weighted by atomic mass is 35.5. The van der Waals surface area contributed by atoms with Gasteiger partial charge in [-0.05, 0) is 24.1 Å². The summed E-state index contributed by atoms with van der Waals surface area (Å²) in [6, 6.07) is 12.5. The SMILES string of the molecule is CCCC(N)C(=O)N(Cc1ccccc1)CC(O)c1ccco1.Cl. The number of nitrogens with two attached hydrogens (primary N) is 1. The van der Waals surface area contributed by atoms with E-state index in [9.17, 15) is 9.90 Å². The normalized spacial score (nSPS) is 13.0. The molecule has 0 bridgehead atoms. The van der Waals surface area contributed by atoms with Gasteiger partial charge >= 0.3 is 0 Å². The molecule has 0 spiro atoms. The lowest BCUT2D eigenvalue weighted by atomic mass is 10.1. The summed E-state index contributed by atoms with van der Waals surface area (Å²) in [7, 11) is 0. The Balaban J connectivity index is 0.00000288. The van der Waals surface area contributed by atoms with Gasteiger partial charge in [0.2, 0.25) is 5.91 Å². The van der Waals surface area contributed by atoms with E-state index in [1.165, 1.54) is 6.26 Å². The lowest BCUT2D eigenvalue weighted by Gasteiger charge is -2.27. The minimum atomic E-state index is -0.869. The predicted octanol–water partition coefficient (Wildman–Crippen LogP) is 2.89. The predicted molar refractivity (Wildman–Crippen MR) is 95.7 cm³/mol. The molecule has 1 heterocycles. The number of carbonyl (C=O) groups excluding carboxylic acids is 1. The van der Waals surface area contributed by atoms with E-state index in [-0.39, 0.29) is 24.9 Å². The molecule has 132 valence electrons. The van der Waals surface area contributed by atoms with E-state index in [2.05, 4.69) is 0 Å². The van der Waals surface area contributed by atoms with Gasteiger partial charge in [-0.1, -0.05) is 43.7 Å². The van der Waals surface area contributed by atoms with Crippen LogP contribution in [-0.2, 0) is 11.3 Å². The molecule has 24 heavy (non-hydrogen) atoms. The number of furan rings is 1. The minimum Gasteiger partial charge on any atom is -0.467 e. The number of nitrogens with zero attached hydrogens (tertiary/aromatic N) is 1. The Morgan fingerprint density at radius 1 is 1.25 bits per heavy atom. The Hall–Kier alpha value is -1.82. The molecule has 0 radical (unpaired) electrons. The van der Waals surface area contributed by atoms with Gasteiger partial charge in [-0.2, -0.15) is 0 Å². The number of aliphatic hydroxyl groups is 1. The second-order valence-corrected chi connectivity index (χ2v) is 5.63. The van der Waals surface area contributed by atoms with Crippen LogP contribution in [0.25, 0.3) is 0 Å². The second-order valence-electron chi connectivity index (χ2n) is 5.63. The van der Waals surface area contributed by atoms with Gasteiger partial charge in [0.05, 0.1) is 18.8 Å². The highest BCUT2D eigenvalue weighted by Crippen LogP contribution is 2.17. The van der Waals surface area contributed by atoms with E-state index in [1.54, 1.807) is 17.0 Å². The largest absolute Gasteiger partial charge is 0.467 e. The standard InChI is InChI=1S/C18H24N2O3.ClH/c1-2-7-15(19)18(22)20(12-14-8-4-3-5-9-14)13-16(21)17-10-6-11-23-17;/h3-6,8-11,15-16,21H,2,7,12-13,19H2,1H3;1H. The lowest BCUT2D eigenvalue weighted by Crippen LogP contribution is -2.44. The number of halogens is 1. The van der Waals surface area contributed by atoms with Crippen molar-refractivity contribution in [2.24, 2.45) is 5.73 Å². The highest BCUT2D eigenvalue weighted by Gasteiger charge is 2.24. The number of rotatable bonds is 8. The lowest BCUT2D eigenvalue weighted by molar-refractivity contribution is -0.135. The van der Waals surface area contributed by atoms with Crippen LogP contribution in [0.15, 0.2) is 53.1 Å². The molecule has 0 saturated carbocycles. The van der Waals surface area contributed by atoms with Gasteiger partial charge < -0.3 is 20.2 Å². The van der Waals surface area contributed by atoms with E-state index in [0.717, 1.165) is 12.0 Å². The number of benzene rings is 1. The summed E-state index contributed by atoms with van der Waals surface area (Å²) < 4.78 is 5.21. The Kier molecular flexibility index (Phi) is 8.54. The van der Waals surface area contributed by atoms with Crippen molar-refractivity contribution in [2.45, 2.75) is 38.5 Å². The van der Waals surface area contributed by atoms with Crippen LogP contribution in [0, 0.1) is 0 Å². The smallest absolute Gasteiger partial charge is 0.239 e. The molecule has 2 atom stereocenters. The third-order valence-corrected chi connectivity index (χ3v) is 3.71. The van der Waals surface area contributed by atoms with Gasteiger partial charge in [-0.3, -0.25) is 4.79 Å². The molecule has 1 aromatic carbocycles. The molecule has 0 aliphatic carbocycles. The summed E-state index contributed by atoms with van der Waals surface area (Å²) in [6.45, 7) is 2.56. The molecule has 0 aliphatic heterocycles. The fourth-order valence-corrected chi connectivity index (χ4v) is 2.48. The van der Waals surface area contributed by atoms with Gasteiger partial charge in [-0.15, -0.1) is 12.4 Å². The van der Waals surface area contributed by atoms with Crippen LogP contribution in [-0.4, -0.2) is 28.5 Å². The number of carbonyl (C=O) groups is 1. The topological polar surface area (TPSA) is 79.7 Å². The molecule has 1 aromatic heterocycles. The molecule has 5 nitrogen and oxygen atoms in total. The van der Waals surface area contributed by atoms with Crippen LogP contribution in [0.1, 0.15) is 37.2 Å². The molecule has 6 heteroatoms. The summed E-state index contributed by atoms with van der Waals surface area (Å²) in [5.41, 5.74) is 6.98. The van der Waals surface area contributed by atoms with Gasteiger partial charge in [0.1, 0.15) is 11.9 Å². The van der Waals surface area contributed by atoms with E-state index >= 15 is 0 Å². The van der Waals surface area contributed by atoms with Crippen molar-refractivity contribution >= 4 is 18.3 Å². The van der Waals surface area contributed by atoms with Crippen molar-refractivity contribution in [3.05, 3.63) is 60.1 Å². The molecular weight excluding hydrogens is 328 g/mol. The van der Waals surface area contributed by atoms with Gasteiger partial charge in [-0.25, -0.2) is 0 Å². The van der Waals surface area contributed by atoms with Crippen molar-refractivity contribution in [1.82, 2.24) is 4.90 Å². The third-order valence-electron chi connectivity index (χ3n) is 3.71. The van der Waals surface area contributed by atoms with E-state index in [1.807, 2.05) is 37.3 Å². The monoisotopic (exact) mass is 352 g/mol. The number of hydrogen-bond donors (Lipinski definition) is 2. The van der Waals surface area contributed by atoms with Crippen molar-refractivity contribution in [3.8, 4) is 0 Å². The first kappa shape index (κ1) is 20.2. The zero-order valence-corrected chi connectivity index (χ0v) is 14.6. The molecule has 1 amide bonds. The third kappa shape index (κ3) is 5.67. The maximum Gasteiger partial charge on any atom is 0.239 e. The highest BCUT2D eigenvalue weighted by molar-refractivity contribution is 5.85. The van der Waals surface area contributed by atoms with Gasteiger partial charge in [0.15, 0.2) is 0 Å². The summed E-state index contributed by atoms with van der Waals surface area (Å²) >= 11 is 0. The number of amides is 1. The summed E-state index contributed by atoms with van der Waals surface area (Å²) in [5, 5.41) is 10.3. The molecule has 0 fully saturated rings. The zero-order valence-electron chi connectivity index (χ0n) is 13.8. The fraction of sp³-hybridized carbons (Fsp3) is 0.389. The van der Waals surface area contributed by atoms with Gasteiger partial charge in [0.25, 0.3) is 0 Å². The van der Waals surface area contributed by atoms with Crippen LogP contribution >= 0.6 is 12.4 Å². The first-order valence-corrected chi connectivity index (χ1v) is 7.91. The summed E-state index contributed by atoms with van der Waals surface area (Å²) in [4.78, 5) is 14.2. The maximum atomic E-state index is 12.6. The zero-order chi connectivity index (χ0) is 16.7.